The van der Waals surface area contributed by atoms with Crippen LogP contribution in [0.2, 0.25) is 0 Å². The van der Waals surface area contributed by atoms with Crippen LogP contribution in [0, 0.1) is 5.92 Å². The van der Waals surface area contributed by atoms with Gasteiger partial charge in [-0.15, -0.1) is 3.89 Å². The zero-order valence-electron chi connectivity index (χ0n) is 9.78. The Labute approximate surface area is 108 Å². The number of anilines is 3. The van der Waals surface area contributed by atoms with Gasteiger partial charge in [-0.25, -0.2) is 9.97 Å². The van der Waals surface area contributed by atoms with Gasteiger partial charge < -0.3 is 16.4 Å². The number of amides is 1. The molecule has 0 radical (unpaired) electrons. The molecule has 19 heavy (non-hydrogen) atoms. The molecular formula is C9H12FN5O3S. The summed E-state index contributed by atoms with van der Waals surface area (Å²) in [6.45, 7) is 0.0176. The second kappa shape index (κ2) is 4.61. The van der Waals surface area contributed by atoms with Crippen LogP contribution < -0.4 is 16.4 Å². The lowest BCUT2D eigenvalue weighted by molar-refractivity contribution is -0.117. The Bertz CT molecular complexity index is 600. The Kier molecular flexibility index (Phi) is 3.27. The number of aromatic nitrogens is 2. The van der Waals surface area contributed by atoms with Crippen molar-refractivity contribution in [3.8, 4) is 0 Å². The quantitative estimate of drug-likeness (QED) is 0.702. The first-order valence-electron chi connectivity index (χ1n) is 5.36. The van der Waals surface area contributed by atoms with Crippen LogP contribution >= 0.6 is 0 Å². The van der Waals surface area contributed by atoms with E-state index in [0.29, 0.717) is 0 Å². The van der Waals surface area contributed by atoms with E-state index in [-0.39, 0.29) is 36.2 Å². The number of nitrogens with two attached hydrogens (primary N) is 2. The van der Waals surface area contributed by atoms with E-state index >= 15 is 0 Å². The second-order valence-corrected chi connectivity index (χ2v) is 5.68. The van der Waals surface area contributed by atoms with Gasteiger partial charge in [-0.1, -0.05) is 0 Å². The monoisotopic (exact) mass is 289 g/mol. The van der Waals surface area contributed by atoms with Crippen molar-refractivity contribution >= 4 is 33.5 Å². The van der Waals surface area contributed by atoms with E-state index < -0.39 is 21.9 Å². The number of hydrogen-bond donors (Lipinski definition) is 2. The van der Waals surface area contributed by atoms with Crippen LogP contribution in [0.25, 0.3) is 0 Å². The van der Waals surface area contributed by atoms with Gasteiger partial charge in [-0.05, 0) is 0 Å². The third-order valence-corrected chi connectivity index (χ3v) is 3.66. The van der Waals surface area contributed by atoms with Gasteiger partial charge in [0.25, 0.3) is 0 Å². The molecule has 0 saturated carbocycles. The topological polar surface area (TPSA) is 132 Å². The number of hydrogen-bond acceptors (Lipinski definition) is 7. The summed E-state index contributed by atoms with van der Waals surface area (Å²) >= 11 is 0. The minimum Gasteiger partial charge on any atom is -0.382 e. The summed E-state index contributed by atoms with van der Waals surface area (Å²) in [4.78, 5) is 20.5. The fourth-order valence-electron chi connectivity index (χ4n) is 2.07. The lowest BCUT2D eigenvalue weighted by atomic mass is 10.1. The Morgan fingerprint density at radius 3 is 2.47 bits per heavy atom. The van der Waals surface area contributed by atoms with Crippen LogP contribution in [0.5, 0.6) is 0 Å². The first-order valence-corrected chi connectivity index (χ1v) is 6.92. The predicted molar refractivity (Wildman–Crippen MR) is 66.2 cm³/mol. The molecule has 1 aromatic heterocycles. The zero-order valence-corrected chi connectivity index (χ0v) is 10.6. The second-order valence-electron chi connectivity index (χ2n) is 4.27. The lowest BCUT2D eigenvalue weighted by Gasteiger charge is -2.18. The number of carbonyl (C=O) groups excluding carboxylic acids is 1. The number of nitrogen functional groups attached to an aromatic ring is 2. The fourth-order valence-corrected chi connectivity index (χ4v) is 2.86. The maximum atomic E-state index is 12.6. The molecular weight excluding hydrogens is 277 g/mol. The minimum atomic E-state index is -4.63. The third-order valence-electron chi connectivity index (χ3n) is 2.79. The summed E-state index contributed by atoms with van der Waals surface area (Å²) in [7, 11) is -4.63. The summed E-state index contributed by atoms with van der Waals surface area (Å²) in [5.41, 5.74) is 11.4. The molecule has 4 N–H and O–H groups in total. The number of rotatable bonds is 3. The summed E-state index contributed by atoms with van der Waals surface area (Å²) in [6, 6.07) is 0. The van der Waals surface area contributed by atoms with Gasteiger partial charge in [0, 0.05) is 18.9 Å². The number of nitrogens with zero attached hydrogens (tertiary/aromatic N) is 3. The molecule has 2 rings (SSSR count). The van der Waals surface area contributed by atoms with Crippen molar-refractivity contribution in [3.63, 3.8) is 0 Å². The van der Waals surface area contributed by atoms with Crippen molar-refractivity contribution in [1.29, 1.82) is 0 Å². The average molecular weight is 289 g/mol. The van der Waals surface area contributed by atoms with Crippen molar-refractivity contribution in [2.45, 2.75) is 6.42 Å². The van der Waals surface area contributed by atoms with E-state index in [0.717, 1.165) is 6.33 Å². The molecule has 1 aliphatic heterocycles. The summed E-state index contributed by atoms with van der Waals surface area (Å²) in [6.07, 6.45) is 1.06. The van der Waals surface area contributed by atoms with Crippen LogP contribution in [0.1, 0.15) is 6.42 Å². The van der Waals surface area contributed by atoms with Gasteiger partial charge in [-0.2, -0.15) is 8.42 Å². The molecule has 1 saturated heterocycles. The Hall–Kier alpha value is -1.97. The highest BCUT2D eigenvalue weighted by Crippen LogP contribution is 2.32. The van der Waals surface area contributed by atoms with Crippen molar-refractivity contribution in [3.05, 3.63) is 6.33 Å². The Morgan fingerprint density at radius 1 is 1.37 bits per heavy atom. The zero-order chi connectivity index (χ0) is 14.2. The van der Waals surface area contributed by atoms with Gasteiger partial charge in [0.1, 0.15) is 12.0 Å². The highest BCUT2D eigenvalue weighted by atomic mass is 32.3. The van der Waals surface area contributed by atoms with Gasteiger partial charge in [0.2, 0.25) is 5.91 Å². The fraction of sp³-hybridized carbons (Fsp3) is 0.444. The standard InChI is InChI=1S/C9H12FN5O3S/c10-19(17,18)3-5-1-6(16)15(2-5)7-8(11)13-4-14-9(7)12/h4-5H,1-3H2,(H4,11,12,13,14). The molecule has 8 nitrogen and oxygen atoms in total. The molecule has 0 bridgehead atoms. The summed E-state index contributed by atoms with van der Waals surface area (Å²) in [5, 5.41) is 0. The summed E-state index contributed by atoms with van der Waals surface area (Å²) < 4.78 is 33.8. The highest BCUT2D eigenvalue weighted by molar-refractivity contribution is 7.86. The van der Waals surface area contributed by atoms with Crippen LogP contribution in [-0.2, 0) is 15.0 Å². The van der Waals surface area contributed by atoms with Crippen LogP contribution in [0.15, 0.2) is 6.33 Å². The summed E-state index contributed by atoms with van der Waals surface area (Å²) in [5.74, 6) is -1.69. The van der Waals surface area contributed by atoms with Crippen LogP contribution in [0.4, 0.5) is 21.2 Å². The molecule has 1 fully saturated rings. The largest absolute Gasteiger partial charge is 0.382 e. The minimum absolute atomic E-state index is 0.0176. The SMILES string of the molecule is Nc1ncnc(N)c1N1CC(CS(=O)(=O)F)CC1=O. The molecule has 0 aliphatic carbocycles. The maximum Gasteiger partial charge on any atom is 0.302 e. The molecule has 104 valence electrons. The molecule has 10 heteroatoms. The predicted octanol–water partition coefficient (Wildman–Crippen LogP) is -0.707. The Balaban J connectivity index is 2.26. The first-order chi connectivity index (χ1) is 8.78. The van der Waals surface area contributed by atoms with E-state index in [4.69, 9.17) is 11.5 Å². The molecule has 1 aromatic rings. The molecule has 0 spiro atoms. The van der Waals surface area contributed by atoms with E-state index in [1.165, 1.54) is 4.90 Å². The van der Waals surface area contributed by atoms with Gasteiger partial charge in [-0.3, -0.25) is 4.79 Å². The molecule has 0 aromatic carbocycles. The smallest absolute Gasteiger partial charge is 0.302 e. The van der Waals surface area contributed by atoms with Crippen molar-refractivity contribution < 1.29 is 17.1 Å². The van der Waals surface area contributed by atoms with Crippen molar-refractivity contribution in [1.82, 2.24) is 9.97 Å². The Morgan fingerprint density at radius 2 is 1.95 bits per heavy atom. The van der Waals surface area contributed by atoms with Gasteiger partial charge >= 0.3 is 10.2 Å². The van der Waals surface area contributed by atoms with E-state index in [9.17, 15) is 17.1 Å². The maximum absolute atomic E-state index is 12.6. The third kappa shape index (κ3) is 2.89. The van der Waals surface area contributed by atoms with Crippen molar-refractivity contribution in [2.24, 2.45) is 5.92 Å². The van der Waals surface area contributed by atoms with Crippen LogP contribution in [-0.4, -0.2) is 36.6 Å². The molecule has 1 amide bonds. The first kappa shape index (κ1) is 13.5. The van der Waals surface area contributed by atoms with Crippen molar-refractivity contribution in [2.75, 3.05) is 28.7 Å². The van der Waals surface area contributed by atoms with E-state index in [1.54, 1.807) is 0 Å². The number of halogens is 1. The van der Waals surface area contributed by atoms with Crippen LogP contribution in [0.3, 0.4) is 0 Å². The highest BCUT2D eigenvalue weighted by Gasteiger charge is 2.35. The van der Waals surface area contributed by atoms with E-state index in [2.05, 4.69) is 9.97 Å². The number of carbonyl (C=O) groups is 1. The molecule has 2 heterocycles. The molecule has 1 atom stereocenters. The molecule has 1 unspecified atom stereocenters. The normalized spacial score (nSPS) is 19.9. The van der Waals surface area contributed by atoms with Gasteiger partial charge in [0.05, 0.1) is 5.75 Å². The van der Waals surface area contributed by atoms with Gasteiger partial charge in [0.15, 0.2) is 11.6 Å². The average Bonchev–Trinajstić information content (AvgIpc) is 2.56. The van der Waals surface area contributed by atoms with E-state index in [1.807, 2.05) is 0 Å². The molecule has 1 aliphatic rings. The lowest BCUT2D eigenvalue weighted by Crippen LogP contribution is -2.28.